The summed E-state index contributed by atoms with van der Waals surface area (Å²) in [5.74, 6) is 2.42. The van der Waals surface area contributed by atoms with Crippen LogP contribution in [0.1, 0.15) is 53.8 Å². The van der Waals surface area contributed by atoms with Gasteiger partial charge in [-0.15, -0.1) is 0 Å². The predicted octanol–water partition coefficient (Wildman–Crippen LogP) is 3.59. The van der Waals surface area contributed by atoms with Crippen LogP contribution >= 0.6 is 0 Å². The minimum absolute atomic E-state index is 0.0113. The average molecular weight is 362 g/mol. The number of para-hydroxylation sites is 1. The fraction of sp³-hybridized carbons (Fsp3) is 0.429. The molecule has 2 aromatic heterocycles. The number of benzene rings is 1. The van der Waals surface area contributed by atoms with Crippen molar-refractivity contribution < 1.29 is 9.32 Å². The molecule has 1 atom stereocenters. The molecule has 138 valence electrons. The molecule has 0 N–H and O–H groups in total. The summed E-state index contributed by atoms with van der Waals surface area (Å²) in [5, 5.41) is 5.18. The van der Waals surface area contributed by atoms with E-state index in [1.54, 1.807) is 0 Å². The van der Waals surface area contributed by atoms with E-state index in [4.69, 9.17) is 4.52 Å². The van der Waals surface area contributed by atoms with E-state index in [9.17, 15) is 4.79 Å². The lowest BCUT2D eigenvalue weighted by Gasteiger charge is -2.32. The molecule has 3 heterocycles. The Kier molecular flexibility index (Phi) is 4.11. The van der Waals surface area contributed by atoms with Crippen molar-refractivity contribution in [3.8, 4) is 0 Å². The van der Waals surface area contributed by atoms with Gasteiger partial charge in [0.15, 0.2) is 5.82 Å². The molecule has 6 heteroatoms. The molecule has 5 rings (SSSR count). The van der Waals surface area contributed by atoms with Gasteiger partial charge in [0, 0.05) is 30.8 Å². The van der Waals surface area contributed by atoms with E-state index < -0.39 is 0 Å². The quantitative estimate of drug-likeness (QED) is 0.709. The summed E-state index contributed by atoms with van der Waals surface area (Å²) in [6.45, 7) is 1.50. The first kappa shape index (κ1) is 16.4. The van der Waals surface area contributed by atoms with Crippen LogP contribution in [0.15, 0.2) is 40.9 Å². The fourth-order valence-corrected chi connectivity index (χ4v) is 3.87. The van der Waals surface area contributed by atoms with E-state index in [2.05, 4.69) is 15.1 Å². The number of piperidine rings is 1. The molecule has 1 aliphatic carbocycles. The highest BCUT2D eigenvalue weighted by Gasteiger charge is 2.31. The van der Waals surface area contributed by atoms with E-state index in [-0.39, 0.29) is 5.91 Å². The van der Waals surface area contributed by atoms with Crippen molar-refractivity contribution in [3.05, 3.63) is 53.8 Å². The molecule has 2 aliphatic rings. The Balaban J connectivity index is 1.28. The van der Waals surface area contributed by atoms with E-state index in [0.717, 1.165) is 67.8 Å². The van der Waals surface area contributed by atoms with Crippen molar-refractivity contribution in [2.75, 3.05) is 13.1 Å². The Morgan fingerprint density at radius 1 is 1.11 bits per heavy atom. The van der Waals surface area contributed by atoms with Gasteiger partial charge in [0.25, 0.3) is 5.91 Å². The standard InChI is InChI=1S/C21H22N4O2/c26-21(18-10-9-15-5-1-2-6-17(15)22-18)25-11-3-4-14(13-25)12-19-23-20(27-24-19)16-7-8-16/h1-2,5-6,9-10,14,16H,3-4,7-8,11-13H2. The number of likely N-dealkylation sites (tertiary alicyclic amines) is 1. The summed E-state index contributed by atoms with van der Waals surface area (Å²) in [6.07, 6.45) is 5.17. The van der Waals surface area contributed by atoms with Crippen LogP contribution in [0.25, 0.3) is 10.9 Å². The lowest BCUT2D eigenvalue weighted by atomic mass is 9.94. The number of aromatic nitrogens is 3. The van der Waals surface area contributed by atoms with Crippen molar-refractivity contribution in [3.63, 3.8) is 0 Å². The molecule has 1 unspecified atom stereocenters. The molecular weight excluding hydrogens is 340 g/mol. The first-order valence-electron chi connectivity index (χ1n) is 9.74. The lowest BCUT2D eigenvalue weighted by Crippen LogP contribution is -2.41. The summed E-state index contributed by atoms with van der Waals surface area (Å²) < 4.78 is 5.36. The maximum Gasteiger partial charge on any atom is 0.272 e. The van der Waals surface area contributed by atoms with Crippen LogP contribution < -0.4 is 0 Å². The monoisotopic (exact) mass is 362 g/mol. The summed E-state index contributed by atoms with van der Waals surface area (Å²) in [4.78, 5) is 24.0. The molecule has 1 aromatic carbocycles. The number of amides is 1. The number of nitrogens with zero attached hydrogens (tertiary/aromatic N) is 4. The van der Waals surface area contributed by atoms with E-state index in [1.807, 2.05) is 41.3 Å². The largest absolute Gasteiger partial charge is 0.339 e. The predicted molar refractivity (Wildman–Crippen MR) is 100 cm³/mol. The molecule has 1 saturated carbocycles. The van der Waals surface area contributed by atoms with Gasteiger partial charge in [0.1, 0.15) is 5.69 Å². The van der Waals surface area contributed by atoms with Gasteiger partial charge in [0.2, 0.25) is 5.89 Å². The van der Waals surface area contributed by atoms with Crippen LogP contribution in [0.4, 0.5) is 0 Å². The van der Waals surface area contributed by atoms with Crippen LogP contribution in [-0.4, -0.2) is 39.0 Å². The molecule has 6 nitrogen and oxygen atoms in total. The summed E-state index contributed by atoms with van der Waals surface area (Å²) >= 11 is 0. The molecular formula is C21H22N4O2. The molecule has 27 heavy (non-hydrogen) atoms. The number of carbonyl (C=O) groups is 1. The minimum atomic E-state index is 0.0113. The molecule has 1 aliphatic heterocycles. The SMILES string of the molecule is O=C(c1ccc2ccccc2n1)N1CCCC(Cc2noc(C3CC3)n2)C1. The number of carbonyl (C=O) groups excluding carboxylic acids is 1. The lowest BCUT2D eigenvalue weighted by molar-refractivity contribution is 0.0666. The molecule has 0 bridgehead atoms. The van der Waals surface area contributed by atoms with Crippen LogP contribution in [0.2, 0.25) is 0 Å². The second-order valence-electron chi connectivity index (χ2n) is 7.68. The average Bonchev–Trinajstić information content (AvgIpc) is 3.47. The van der Waals surface area contributed by atoms with Crippen molar-refractivity contribution in [2.24, 2.45) is 5.92 Å². The number of fused-ring (bicyclic) bond motifs is 1. The van der Waals surface area contributed by atoms with Crippen LogP contribution in [0.3, 0.4) is 0 Å². The van der Waals surface area contributed by atoms with Gasteiger partial charge >= 0.3 is 0 Å². The molecule has 1 amide bonds. The van der Waals surface area contributed by atoms with Crippen LogP contribution in [0, 0.1) is 5.92 Å². The molecule has 1 saturated heterocycles. The fourth-order valence-electron chi connectivity index (χ4n) is 3.87. The van der Waals surface area contributed by atoms with Gasteiger partial charge in [-0.2, -0.15) is 4.98 Å². The molecule has 0 spiro atoms. The molecule has 0 radical (unpaired) electrons. The third-order valence-electron chi connectivity index (χ3n) is 5.51. The second kappa shape index (κ2) is 6.76. The van der Waals surface area contributed by atoms with E-state index >= 15 is 0 Å². The van der Waals surface area contributed by atoms with E-state index in [0.29, 0.717) is 17.5 Å². The van der Waals surface area contributed by atoms with Crippen molar-refractivity contribution in [2.45, 2.75) is 38.0 Å². The highest BCUT2D eigenvalue weighted by Crippen LogP contribution is 2.39. The first-order chi connectivity index (χ1) is 13.3. The smallest absolute Gasteiger partial charge is 0.272 e. The zero-order valence-electron chi connectivity index (χ0n) is 15.2. The second-order valence-corrected chi connectivity index (χ2v) is 7.68. The highest BCUT2D eigenvalue weighted by atomic mass is 16.5. The normalized spacial score (nSPS) is 20.1. The third kappa shape index (κ3) is 3.44. The number of hydrogen-bond acceptors (Lipinski definition) is 5. The minimum Gasteiger partial charge on any atom is -0.339 e. The number of pyridine rings is 1. The van der Waals surface area contributed by atoms with Crippen LogP contribution in [-0.2, 0) is 6.42 Å². The Bertz CT molecular complexity index is 979. The van der Waals surface area contributed by atoms with E-state index in [1.165, 1.54) is 0 Å². The topological polar surface area (TPSA) is 72.1 Å². The number of hydrogen-bond donors (Lipinski definition) is 0. The highest BCUT2D eigenvalue weighted by molar-refractivity contribution is 5.95. The van der Waals surface area contributed by atoms with Crippen molar-refractivity contribution in [1.29, 1.82) is 0 Å². The molecule has 2 fully saturated rings. The van der Waals surface area contributed by atoms with Gasteiger partial charge in [0.05, 0.1) is 5.52 Å². The van der Waals surface area contributed by atoms with Crippen LogP contribution in [0.5, 0.6) is 0 Å². The van der Waals surface area contributed by atoms with Gasteiger partial charge in [-0.05, 0) is 43.7 Å². The zero-order chi connectivity index (χ0) is 18.2. The summed E-state index contributed by atoms with van der Waals surface area (Å²) in [5.41, 5.74) is 1.38. The van der Waals surface area contributed by atoms with Crippen molar-refractivity contribution in [1.82, 2.24) is 20.0 Å². The van der Waals surface area contributed by atoms with Gasteiger partial charge in [-0.25, -0.2) is 4.98 Å². The Morgan fingerprint density at radius 2 is 2.00 bits per heavy atom. The first-order valence-corrected chi connectivity index (χ1v) is 9.74. The zero-order valence-corrected chi connectivity index (χ0v) is 15.2. The maximum atomic E-state index is 13.0. The van der Waals surface area contributed by atoms with Gasteiger partial charge < -0.3 is 9.42 Å². The molecule has 3 aromatic rings. The third-order valence-corrected chi connectivity index (χ3v) is 5.51. The van der Waals surface area contributed by atoms with Crippen molar-refractivity contribution >= 4 is 16.8 Å². The summed E-state index contributed by atoms with van der Waals surface area (Å²) in [7, 11) is 0. The van der Waals surface area contributed by atoms with Gasteiger partial charge in [-0.3, -0.25) is 4.79 Å². The Hall–Kier alpha value is -2.76. The Morgan fingerprint density at radius 3 is 2.89 bits per heavy atom. The summed E-state index contributed by atoms with van der Waals surface area (Å²) in [6, 6.07) is 11.7. The van der Waals surface area contributed by atoms with Gasteiger partial charge in [-0.1, -0.05) is 29.4 Å². The number of rotatable bonds is 4. The maximum absolute atomic E-state index is 13.0. The Labute approximate surface area is 157 Å².